The number of unbranched alkanes of at least 4 members (excludes halogenated alkanes) is 18. The van der Waals surface area contributed by atoms with Crippen molar-refractivity contribution in [2.75, 3.05) is 14.2 Å². The van der Waals surface area contributed by atoms with Gasteiger partial charge in [0, 0.05) is 82.0 Å². The Bertz CT molecular complexity index is 4780. The molecule has 3 aliphatic rings. The molecule has 4 atom stereocenters. The normalized spacial score (nSPS) is 14.9. The summed E-state index contributed by atoms with van der Waals surface area (Å²) < 4.78 is 10.7. The van der Waals surface area contributed by atoms with Crippen LogP contribution in [0.2, 0.25) is 0 Å². The third-order valence-corrected chi connectivity index (χ3v) is 34.0. The van der Waals surface area contributed by atoms with Crippen molar-refractivity contribution >= 4 is 80.0 Å². The fourth-order valence-electron chi connectivity index (χ4n) is 20.7. The van der Waals surface area contributed by atoms with E-state index in [1.54, 1.807) is 50.1 Å². The second-order valence-corrected chi connectivity index (χ2v) is 41.9. The first kappa shape index (κ1) is 90.2. The molecule has 0 spiro atoms. The van der Waals surface area contributed by atoms with Gasteiger partial charge < -0.3 is 9.47 Å². The molecule has 0 amide bonds. The molecule has 6 aromatic heterocycles. The standard InChI is InChI=1S/C107H136N2O4S6/c1-15-23-29-35-61-105(62-36-30-24-16-2)79-48-45-73(84-51-56-90(115-84)89-44-41-67-114-89)68-76(79)95-98(105)96-78-70-75(86-53-58-92(117-86)94-60-55-88(119-94)83(43-22-8)109-102(72(11)12)104(111)113-14)47-50-81(78)107(65-39-33-27-19-5,66-40-34-28-20-6)100(96)97-77-69-74(46-49-80(77)106(99(95)97,63-37-31-25-17-3)64-38-32-26-18-4)85-52-57-91(116-85)93-59-54-87(118-93)82(42-21-7)108-101(71(9)10)103(110)112-13/h21-22,41,44-60,67-72,82-83,101-102,108-109H,7-8,15-20,23-40,42-43,61-66H2,1-6,9-14H3/t82-,83-,101-,102-/m0/s1. The van der Waals surface area contributed by atoms with E-state index in [2.05, 4.69) is 226 Å². The van der Waals surface area contributed by atoms with E-state index >= 15 is 0 Å². The zero-order chi connectivity index (χ0) is 83.8. The number of nitrogens with one attached hydrogen (secondary N) is 2. The van der Waals surface area contributed by atoms with Gasteiger partial charge >= 0.3 is 11.9 Å². The average molecular weight is 1710 g/mol. The van der Waals surface area contributed by atoms with Gasteiger partial charge in [-0.3, -0.25) is 20.2 Å². The van der Waals surface area contributed by atoms with Crippen LogP contribution in [-0.4, -0.2) is 38.2 Å². The lowest BCUT2D eigenvalue weighted by Gasteiger charge is -2.39. The fourth-order valence-corrected chi connectivity index (χ4v) is 26.9. The van der Waals surface area contributed by atoms with Crippen LogP contribution >= 0.6 is 68.0 Å². The van der Waals surface area contributed by atoms with Crippen molar-refractivity contribution in [3.63, 3.8) is 0 Å². The summed E-state index contributed by atoms with van der Waals surface area (Å²) in [6.45, 7) is 31.1. The van der Waals surface area contributed by atoms with E-state index in [1.165, 1.54) is 255 Å². The minimum Gasteiger partial charge on any atom is -0.468 e. The Morgan fingerprint density at radius 3 is 0.916 bits per heavy atom. The number of carbonyl (C=O) groups excluding carboxylic acids is 2. The summed E-state index contributed by atoms with van der Waals surface area (Å²) in [5, 5.41) is 9.66. The highest BCUT2D eigenvalue weighted by molar-refractivity contribution is 7.25. The topological polar surface area (TPSA) is 76.7 Å². The smallest absolute Gasteiger partial charge is 0.323 e. The summed E-state index contributed by atoms with van der Waals surface area (Å²) in [7, 11) is 2.98. The Morgan fingerprint density at radius 2 is 0.647 bits per heavy atom. The maximum absolute atomic E-state index is 13.3. The van der Waals surface area contributed by atoms with Gasteiger partial charge in [0.2, 0.25) is 0 Å². The molecular formula is C107H136N2O4S6. The molecule has 0 unspecified atom stereocenters. The van der Waals surface area contributed by atoms with E-state index in [9.17, 15) is 9.59 Å². The Kier molecular flexibility index (Phi) is 32.0. The van der Waals surface area contributed by atoms with E-state index in [0.29, 0.717) is 12.8 Å². The summed E-state index contributed by atoms with van der Waals surface area (Å²) in [5.74, 6) is -0.343. The van der Waals surface area contributed by atoms with Crippen LogP contribution in [0.4, 0.5) is 0 Å². The van der Waals surface area contributed by atoms with Gasteiger partial charge in [-0.05, 0) is 237 Å². The van der Waals surface area contributed by atoms with Crippen molar-refractivity contribution in [1.29, 1.82) is 0 Å². The molecule has 13 rings (SSSR count). The van der Waals surface area contributed by atoms with Gasteiger partial charge in [-0.15, -0.1) is 81.2 Å². The van der Waals surface area contributed by atoms with Crippen molar-refractivity contribution in [1.82, 2.24) is 10.6 Å². The lowest BCUT2D eigenvalue weighted by Crippen LogP contribution is -2.43. The average Bonchev–Trinajstić information content (AvgIpc) is 1.48. The van der Waals surface area contributed by atoms with Crippen LogP contribution < -0.4 is 10.6 Å². The molecule has 0 saturated carbocycles. The van der Waals surface area contributed by atoms with Gasteiger partial charge in [-0.1, -0.05) is 278 Å². The van der Waals surface area contributed by atoms with Gasteiger partial charge in [0.25, 0.3) is 0 Å². The SMILES string of the molecule is C=CC[C@H](N[C@H](C(=O)OC)C(C)C)c1ccc(-c2ccc(-c3ccc4c(c3)-c3c(c5c(c6c3C(CCCCCC)(CCCCCC)c3ccc(-c7ccc(-c8ccc([C@H](CC=C)N[C@H](C(=O)OC)C(C)C)s8)s7)cc3-6)C(CCCCCC)(CCCCCC)c3ccc(-c6ccc(-c7cccs7)s6)cc3-5)C4(CCCCCC)CCCCCC)s2)s1. The molecule has 634 valence electrons. The first-order valence-electron chi connectivity index (χ1n) is 46.2. The maximum Gasteiger partial charge on any atom is 0.323 e. The first-order chi connectivity index (χ1) is 58.0. The number of methoxy groups -OCH3 is 2. The molecule has 0 fully saturated rings. The van der Waals surface area contributed by atoms with Crippen LogP contribution in [-0.2, 0) is 35.3 Å². The summed E-state index contributed by atoms with van der Waals surface area (Å²) in [5.41, 5.74) is 22.5. The van der Waals surface area contributed by atoms with Gasteiger partial charge in [0.1, 0.15) is 12.1 Å². The summed E-state index contributed by atoms with van der Waals surface area (Å²) in [4.78, 5) is 40.6. The van der Waals surface area contributed by atoms with Crippen molar-refractivity contribution in [3.8, 4) is 94.0 Å². The third-order valence-electron chi connectivity index (χ3n) is 26.8. The summed E-state index contributed by atoms with van der Waals surface area (Å²) >= 11 is 11.4. The Morgan fingerprint density at radius 1 is 0.361 bits per heavy atom. The monoisotopic (exact) mass is 1700 g/mol. The zero-order valence-electron chi connectivity index (χ0n) is 73.9. The Balaban J connectivity index is 1.12. The molecule has 2 N–H and O–H groups in total. The molecule has 0 bridgehead atoms. The largest absolute Gasteiger partial charge is 0.468 e. The molecule has 12 heteroatoms. The van der Waals surface area contributed by atoms with Crippen LogP contribution in [0, 0.1) is 11.8 Å². The number of ether oxygens (including phenoxy) is 2. The number of esters is 2. The highest BCUT2D eigenvalue weighted by Gasteiger charge is 2.58. The van der Waals surface area contributed by atoms with Crippen LogP contribution in [0.3, 0.4) is 0 Å². The quantitative estimate of drug-likeness (QED) is 0.0225. The second kappa shape index (κ2) is 42.2. The molecule has 0 aliphatic heterocycles. The number of hydrogen-bond donors (Lipinski definition) is 2. The second-order valence-electron chi connectivity index (χ2n) is 35.5. The van der Waals surface area contributed by atoms with E-state index in [-0.39, 0.29) is 52.1 Å². The van der Waals surface area contributed by atoms with E-state index in [4.69, 9.17) is 9.47 Å². The van der Waals surface area contributed by atoms with E-state index in [1.807, 2.05) is 80.2 Å². The molecule has 4 aromatic carbocycles. The van der Waals surface area contributed by atoms with Crippen molar-refractivity contribution in [2.45, 2.75) is 315 Å². The Labute approximate surface area is 740 Å². The number of rotatable bonds is 50. The van der Waals surface area contributed by atoms with Crippen LogP contribution in [0.5, 0.6) is 0 Å². The highest BCUT2D eigenvalue weighted by atomic mass is 32.1. The predicted octanol–water partition coefficient (Wildman–Crippen LogP) is 33.5. The zero-order valence-corrected chi connectivity index (χ0v) is 78.8. The molecule has 10 aromatic rings. The minimum absolute atomic E-state index is 0.0592. The molecule has 0 saturated heterocycles. The maximum atomic E-state index is 13.3. The summed E-state index contributed by atoms with van der Waals surface area (Å²) in [6, 6.07) is 51.4. The van der Waals surface area contributed by atoms with Crippen LogP contribution in [0.1, 0.15) is 330 Å². The van der Waals surface area contributed by atoms with E-state index < -0.39 is 12.1 Å². The third kappa shape index (κ3) is 19.1. The number of hydrogen-bond acceptors (Lipinski definition) is 12. The molecule has 6 heterocycles. The van der Waals surface area contributed by atoms with Gasteiger partial charge in [0.05, 0.1) is 14.2 Å². The van der Waals surface area contributed by atoms with Gasteiger partial charge in [-0.25, -0.2) is 0 Å². The number of thiophene rings is 6. The molecule has 119 heavy (non-hydrogen) atoms. The lowest BCUT2D eigenvalue weighted by molar-refractivity contribution is -0.145. The fraction of sp³-hybridized carbons (Fsp3) is 0.495. The molecule has 0 radical (unpaired) electrons. The molecule has 3 aliphatic carbocycles. The van der Waals surface area contributed by atoms with Crippen molar-refractivity contribution in [2.24, 2.45) is 11.8 Å². The Hall–Kier alpha value is -6.58. The number of carbonyl (C=O) groups is 2. The number of fused-ring (bicyclic) bond motifs is 12. The van der Waals surface area contributed by atoms with E-state index in [0.717, 1.165) is 38.5 Å². The minimum atomic E-state index is -0.433. The number of benzene rings is 4. The van der Waals surface area contributed by atoms with Crippen LogP contribution in [0.15, 0.2) is 158 Å². The van der Waals surface area contributed by atoms with Crippen molar-refractivity contribution < 1.29 is 19.1 Å². The lowest BCUT2D eigenvalue weighted by atomic mass is 9.63. The molecular weight excluding hydrogens is 1570 g/mol. The van der Waals surface area contributed by atoms with Gasteiger partial charge in [0.15, 0.2) is 0 Å². The highest BCUT2D eigenvalue weighted by Crippen LogP contribution is 2.72. The van der Waals surface area contributed by atoms with Gasteiger partial charge in [-0.2, -0.15) is 0 Å². The predicted molar refractivity (Wildman–Crippen MR) is 520 cm³/mol. The first-order valence-corrected chi connectivity index (χ1v) is 51.1. The molecule has 6 nitrogen and oxygen atoms in total. The van der Waals surface area contributed by atoms with Crippen molar-refractivity contribution in [3.05, 3.63) is 201 Å². The van der Waals surface area contributed by atoms with Crippen LogP contribution in [0.25, 0.3) is 94.0 Å². The summed E-state index contributed by atoms with van der Waals surface area (Å²) in [6.07, 6.45) is 41.4.